The average molecular weight is 400 g/mol. The van der Waals surface area contributed by atoms with Gasteiger partial charge < -0.3 is 5.32 Å². The molecule has 0 saturated heterocycles. The molecule has 6 heteroatoms. The van der Waals surface area contributed by atoms with E-state index in [-0.39, 0.29) is 0 Å². The molecule has 3 heterocycles. The highest BCUT2D eigenvalue weighted by atomic mass is 79.9. The van der Waals surface area contributed by atoms with Gasteiger partial charge in [0.05, 0.1) is 10.7 Å². The lowest BCUT2D eigenvalue weighted by Gasteiger charge is -2.33. The Balaban J connectivity index is 1.68. The van der Waals surface area contributed by atoms with E-state index in [1.54, 1.807) is 6.20 Å². The molecule has 1 saturated carbocycles. The fourth-order valence-corrected chi connectivity index (χ4v) is 3.94. The van der Waals surface area contributed by atoms with Crippen molar-refractivity contribution in [3.63, 3.8) is 0 Å². The van der Waals surface area contributed by atoms with Crippen LogP contribution >= 0.6 is 15.9 Å². The Morgan fingerprint density at radius 2 is 2.24 bits per heavy atom. The third-order valence-electron chi connectivity index (χ3n) is 5.18. The minimum atomic E-state index is 0.527. The molecule has 0 amide bonds. The maximum atomic E-state index is 4.93. The Bertz CT molecular complexity index is 857. The van der Waals surface area contributed by atoms with Gasteiger partial charge in [-0.25, -0.2) is 4.98 Å². The smallest absolute Gasteiger partial charge is 0.171 e. The molecule has 1 N–H and O–H groups in total. The van der Waals surface area contributed by atoms with E-state index in [2.05, 4.69) is 50.4 Å². The van der Waals surface area contributed by atoms with Crippen LogP contribution in [0.4, 0.5) is 5.82 Å². The minimum absolute atomic E-state index is 0.527. The maximum Gasteiger partial charge on any atom is 0.171 e. The summed E-state index contributed by atoms with van der Waals surface area (Å²) in [6.45, 7) is 2.98. The van der Waals surface area contributed by atoms with Gasteiger partial charge in [0, 0.05) is 36.6 Å². The Morgan fingerprint density at radius 3 is 2.92 bits per heavy atom. The second kappa shape index (κ2) is 7.12. The lowest BCUT2D eigenvalue weighted by Crippen LogP contribution is -2.21. The number of nitrogens with zero attached hydrogens (tertiary/aromatic N) is 4. The molecule has 3 aromatic heterocycles. The molecule has 0 spiro atoms. The molecule has 25 heavy (non-hydrogen) atoms. The number of rotatable bonds is 6. The van der Waals surface area contributed by atoms with Crippen molar-refractivity contribution >= 4 is 27.4 Å². The highest BCUT2D eigenvalue weighted by Gasteiger charge is 2.29. The van der Waals surface area contributed by atoms with E-state index < -0.39 is 0 Å². The van der Waals surface area contributed by atoms with Crippen LogP contribution in [0.5, 0.6) is 0 Å². The summed E-state index contributed by atoms with van der Waals surface area (Å²) in [5.74, 6) is 2.28. The van der Waals surface area contributed by atoms with Gasteiger partial charge in [-0.1, -0.05) is 19.4 Å². The highest BCUT2D eigenvalue weighted by Crippen LogP contribution is 2.41. The molecule has 1 aliphatic rings. The summed E-state index contributed by atoms with van der Waals surface area (Å²) in [6, 6.07) is 6.20. The molecule has 5 nitrogen and oxygen atoms in total. The first-order valence-corrected chi connectivity index (χ1v) is 9.72. The van der Waals surface area contributed by atoms with Crippen molar-refractivity contribution < 1.29 is 0 Å². The fourth-order valence-electron chi connectivity index (χ4n) is 3.59. The predicted molar refractivity (Wildman–Crippen MR) is 103 cm³/mol. The van der Waals surface area contributed by atoms with Crippen molar-refractivity contribution in [2.45, 2.75) is 45.1 Å². The van der Waals surface area contributed by atoms with Gasteiger partial charge in [0.25, 0.3) is 0 Å². The van der Waals surface area contributed by atoms with E-state index in [1.807, 2.05) is 23.0 Å². The Kier molecular flexibility index (Phi) is 4.70. The molecule has 1 aliphatic carbocycles. The fraction of sp³-hybridized carbons (Fsp3) is 0.421. The number of fused-ring (bicyclic) bond motifs is 1. The van der Waals surface area contributed by atoms with Crippen molar-refractivity contribution in [1.82, 2.24) is 19.6 Å². The van der Waals surface area contributed by atoms with Crippen molar-refractivity contribution in [1.29, 1.82) is 0 Å². The van der Waals surface area contributed by atoms with Crippen molar-refractivity contribution in [3.8, 4) is 0 Å². The molecule has 1 atom stereocenters. The van der Waals surface area contributed by atoms with Crippen molar-refractivity contribution in [2.75, 3.05) is 5.32 Å². The molecule has 1 fully saturated rings. The van der Waals surface area contributed by atoms with E-state index in [9.17, 15) is 0 Å². The second-order valence-electron chi connectivity index (χ2n) is 6.71. The molecule has 0 radical (unpaired) electrons. The zero-order valence-electron chi connectivity index (χ0n) is 14.3. The summed E-state index contributed by atoms with van der Waals surface area (Å²) in [7, 11) is 0. The van der Waals surface area contributed by atoms with Crippen LogP contribution in [-0.2, 0) is 6.54 Å². The van der Waals surface area contributed by atoms with Gasteiger partial charge in [0.15, 0.2) is 5.65 Å². The van der Waals surface area contributed by atoms with Gasteiger partial charge in [-0.2, -0.15) is 9.61 Å². The second-order valence-corrected chi connectivity index (χ2v) is 7.57. The zero-order chi connectivity index (χ0) is 17.2. The van der Waals surface area contributed by atoms with Crippen LogP contribution in [-0.4, -0.2) is 19.6 Å². The van der Waals surface area contributed by atoms with Crippen LogP contribution in [0.2, 0.25) is 0 Å². The predicted octanol–water partition coefficient (Wildman–Crippen LogP) is 4.79. The van der Waals surface area contributed by atoms with Crippen LogP contribution in [0, 0.1) is 5.92 Å². The molecule has 0 bridgehead atoms. The Labute approximate surface area is 156 Å². The number of halogens is 1. The van der Waals surface area contributed by atoms with Crippen molar-refractivity contribution in [3.05, 3.63) is 52.5 Å². The first kappa shape index (κ1) is 16.5. The van der Waals surface area contributed by atoms with Crippen LogP contribution in [0.25, 0.3) is 5.65 Å². The topological polar surface area (TPSA) is 55.1 Å². The summed E-state index contributed by atoms with van der Waals surface area (Å²) in [5.41, 5.74) is 3.20. The van der Waals surface area contributed by atoms with E-state index in [0.29, 0.717) is 12.5 Å². The summed E-state index contributed by atoms with van der Waals surface area (Å²) < 4.78 is 2.81. The van der Waals surface area contributed by atoms with E-state index in [4.69, 9.17) is 4.98 Å². The van der Waals surface area contributed by atoms with E-state index >= 15 is 0 Å². The lowest BCUT2D eigenvalue weighted by molar-refractivity contribution is 0.253. The number of anilines is 1. The van der Waals surface area contributed by atoms with Crippen LogP contribution in [0.15, 0.2) is 41.3 Å². The molecular formula is C19H22BrN5. The third-order valence-corrected chi connectivity index (χ3v) is 5.74. The summed E-state index contributed by atoms with van der Waals surface area (Å²) >= 11 is 3.59. The molecule has 3 aromatic rings. The largest absolute Gasteiger partial charge is 0.366 e. The maximum absolute atomic E-state index is 4.93. The SMILES string of the molecule is CCC(c1cc(NCc2cccnc2)n2ncc(Br)c2n1)C1CCC1. The lowest BCUT2D eigenvalue weighted by atomic mass is 9.73. The van der Waals surface area contributed by atoms with Gasteiger partial charge in [-0.05, 0) is 52.7 Å². The quantitative estimate of drug-likeness (QED) is 0.646. The van der Waals surface area contributed by atoms with Gasteiger partial charge >= 0.3 is 0 Å². The average Bonchev–Trinajstić information content (AvgIpc) is 2.98. The summed E-state index contributed by atoms with van der Waals surface area (Å²) in [4.78, 5) is 9.11. The van der Waals surface area contributed by atoms with Gasteiger partial charge in [0.2, 0.25) is 0 Å². The van der Waals surface area contributed by atoms with Crippen LogP contribution in [0.1, 0.15) is 49.8 Å². The van der Waals surface area contributed by atoms with E-state index in [1.165, 1.54) is 25.0 Å². The number of nitrogens with one attached hydrogen (secondary N) is 1. The Morgan fingerprint density at radius 1 is 1.36 bits per heavy atom. The minimum Gasteiger partial charge on any atom is -0.366 e. The summed E-state index contributed by atoms with van der Waals surface area (Å²) in [6.07, 6.45) is 10.6. The highest BCUT2D eigenvalue weighted by molar-refractivity contribution is 9.10. The molecule has 4 rings (SSSR count). The van der Waals surface area contributed by atoms with Gasteiger partial charge in [0.1, 0.15) is 5.82 Å². The number of pyridine rings is 1. The molecule has 0 aliphatic heterocycles. The first-order valence-electron chi connectivity index (χ1n) is 8.93. The molecule has 130 valence electrons. The first-order chi connectivity index (χ1) is 12.3. The number of hydrogen-bond acceptors (Lipinski definition) is 4. The Hall–Kier alpha value is -1.95. The van der Waals surface area contributed by atoms with Crippen LogP contribution in [0.3, 0.4) is 0 Å². The van der Waals surface area contributed by atoms with Crippen molar-refractivity contribution in [2.24, 2.45) is 5.92 Å². The van der Waals surface area contributed by atoms with Crippen LogP contribution < -0.4 is 5.32 Å². The third kappa shape index (κ3) is 3.27. The molecule has 1 unspecified atom stereocenters. The monoisotopic (exact) mass is 399 g/mol. The van der Waals surface area contributed by atoms with E-state index in [0.717, 1.165) is 33.8 Å². The van der Waals surface area contributed by atoms with Gasteiger partial charge in [-0.15, -0.1) is 0 Å². The molecular weight excluding hydrogens is 378 g/mol. The molecule has 0 aromatic carbocycles. The summed E-state index contributed by atoms with van der Waals surface area (Å²) in [5, 5.41) is 7.98. The number of hydrogen-bond donors (Lipinski definition) is 1. The zero-order valence-corrected chi connectivity index (χ0v) is 15.9. The standard InChI is InChI=1S/C19H22BrN5/c1-2-15(14-6-3-7-14)17-9-18(22-11-13-5-4-8-21-10-13)25-19(24-17)16(20)12-23-25/h4-5,8-10,12,14-15,22H,2-3,6-7,11H2,1H3. The number of aromatic nitrogens is 4. The normalized spacial score (nSPS) is 15.9. The van der Waals surface area contributed by atoms with Gasteiger partial charge in [-0.3, -0.25) is 4.98 Å².